The third-order valence-corrected chi connectivity index (χ3v) is 2.88. The second-order valence-electron chi connectivity index (χ2n) is 3.81. The molecule has 1 atom stereocenters. The topological polar surface area (TPSA) is 35.8 Å². The Bertz CT molecular complexity index is 357. The smallest absolute Gasteiger partial charge is 0.0621 e. The van der Waals surface area contributed by atoms with E-state index >= 15 is 0 Å². The van der Waals surface area contributed by atoms with E-state index in [0.29, 0.717) is 6.42 Å². The number of unbranched alkanes of at least 4 members (excludes halogenated alkanes) is 2. The Kier molecular flexibility index (Phi) is 5.92. The van der Waals surface area contributed by atoms with E-state index in [1.165, 1.54) is 0 Å². The molecule has 0 aliphatic rings. The Morgan fingerprint density at radius 1 is 1.38 bits per heavy atom. The predicted molar refractivity (Wildman–Crippen MR) is 67.3 cm³/mol. The summed E-state index contributed by atoms with van der Waals surface area (Å²) in [7, 11) is 0. The van der Waals surface area contributed by atoms with Gasteiger partial charge in [0, 0.05) is 17.5 Å². The molecule has 3 heteroatoms. The fraction of sp³-hybridized carbons (Fsp3) is 0.462. The number of nitrogens with zero attached hydrogens (tertiary/aromatic N) is 1. The van der Waals surface area contributed by atoms with Crippen molar-refractivity contribution in [3.63, 3.8) is 0 Å². The van der Waals surface area contributed by atoms with Crippen molar-refractivity contribution < 1.29 is 0 Å². The molecule has 2 nitrogen and oxygen atoms in total. The van der Waals surface area contributed by atoms with Crippen LogP contribution < -0.4 is 5.32 Å². The number of hydrogen-bond donors (Lipinski definition) is 1. The van der Waals surface area contributed by atoms with Crippen molar-refractivity contribution in [2.24, 2.45) is 0 Å². The number of hydrogen-bond acceptors (Lipinski definition) is 2. The van der Waals surface area contributed by atoms with Crippen LogP contribution >= 0.6 is 11.6 Å². The van der Waals surface area contributed by atoms with E-state index in [0.717, 1.165) is 30.0 Å². The first kappa shape index (κ1) is 13.0. The minimum Gasteiger partial charge on any atom is -0.310 e. The summed E-state index contributed by atoms with van der Waals surface area (Å²) < 4.78 is 0. The second-order valence-corrected chi connectivity index (χ2v) is 4.22. The maximum absolute atomic E-state index is 8.40. The van der Waals surface area contributed by atoms with Crippen LogP contribution in [0.1, 0.15) is 37.8 Å². The molecule has 0 amide bonds. The Hall–Kier alpha value is -1.04. The monoisotopic (exact) mass is 236 g/mol. The second kappa shape index (κ2) is 7.27. The zero-order valence-electron chi connectivity index (χ0n) is 9.54. The van der Waals surface area contributed by atoms with Crippen LogP contribution in [0, 0.1) is 11.3 Å². The van der Waals surface area contributed by atoms with Crippen molar-refractivity contribution in [2.75, 3.05) is 6.54 Å². The Morgan fingerprint density at radius 3 is 2.81 bits per heavy atom. The van der Waals surface area contributed by atoms with Gasteiger partial charge in [-0.15, -0.1) is 0 Å². The average molecular weight is 237 g/mol. The summed E-state index contributed by atoms with van der Waals surface area (Å²) in [5.74, 6) is 0. The van der Waals surface area contributed by atoms with E-state index in [2.05, 4.69) is 18.3 Å². The van der Waals surface area contributed by atoms with Gasteiger partial charge in [0.2, 0.25) is 0 Å². The van der Waals surface area contributed by atoms with Crippen molar-refractivity contribution in [1.82, 2.24) is 5.32 Å². The van der Waals surface area contributed by atoms with Crippen molar-refractivity contribution in [1.29, 1.82) is 5.26 Å². The third-order valence-electron chi connectivity index (χ3n) is 2.54. The highest BCUT2D eigenvalue weighted by atomic mass is 35.5. The van der Waals surface area contributed by atoms with Gasteiger partial charge in [-0.2, -0.15) is 5.26 Å². The molecule has 1 aromatic carbocycles. The van der Waals surface area contributed by atoms with Crippen LogP contribution in [0.4, 0.5) is 0 Å². The molecule has 0 saturated heterocycles. The van der Waals surface area contributed by atoms with Gasteiger partial charge in [-0.3, -0.25) is 0 Å². The van der Waals surface area contributed by atoms with Crippen molar-refractivity contribution in [3.05, 3.63) is 34.9 Å². The fourth-order valence-electron chi connectivity index (χ4n) is 1.58. The first-order valence-corrected chi connectivity index (χ1v) is 5.98. The molecule has 86 valence electrons. The van der Waals surface area contributed by atoms with E-state index in [1.807, 2.05) is 24.3 Å². The van der Waals surface area contributed by atoms with Crippen LogP contribution in [0.3, 0.4) is 0 Å². The lowest BCUT2D eigenvalue weighted by Crippen LogP contribution is -2.20. The molecule has 0 radical (unpaired) electrons. The van der Waals surface area contributed by atoms with Crippen LogP contribution in [-0.2, 0) is 0 Å². The van der Waals surface area contributed by atoms with Gasteiger partial charge in [-0.1, -0.05) is 29.8 Å². The first-order valence-electron chi connectivity index (χ1n) is 5.60. The standard InChI is InChI=1S/C13H17ClN2/c1-11(16-10-6-2-5-9-15)12-7-3-4-8-13(12)14/h3-4,7-8,11,16H,2,5-6,10H2,1H3/t11-/m0/s1. The van der Waals surface area contributed by atoms with Crippen LogP contribution in [-0.4, -0.2) is 6.54 Å². The largest absolute Gasteiger partial charge is 0.310 e. The highest BCUT2D eigenvalue weighted by Gasteiger charge is 2.07. The van der Waals surface area contributed by atoms with Gasteiger partial charge in [0.25, 0.3) is 0 Å². The molecule has 1 rings (SSSR count). The molecule has 0 aromatic heterocycles. The van der Waals surface area contributed by atoms with Crippen LogP contribution in [0.2, 0.25) is 5.02 Å². The number of halogens is 1. The molecule has 0 aliphatic heterocycles. The van der Waals surface area contributed by atoms with Gasteiger partial charge in [0.1, 0.15) is 0 Å². The Morgan fingerprint density at radius 2 is 2.12 bits per heavy atom. The van der Waals surface area contributed by atoms with Gasteiger partial charge in [0.15, 0.2) is 0 Å². The number of nitriles is 1. The van der Waals surface area contributed by atoms with Gasteiger partial charge in [0.05, 0.1) is 6.07 Å². The van der Waals surface area contributed by atoms with Gasteiger partial charge in [-0.25, -0.2) is 0 Å². The summed E-state index contributed by atoms with van der Waals surface area (Å²) >= 11 is 6.10. The maximum Gasteiger partial charge on any atom is 0.0621 e. The van der Waals surface area contributed by atoms with E-state index in [1.54, 1.807) is 0 Å². The molecular formula is C13H17ClN2. The summed E-state index contributed by atoms with van der Waals surface area (Å²) in [6.45, 7) is 3.03. The van der Waals surface area contributed by atoms with Crippen molar-refractivity contribution in [2.45, 2.75) is 32.2 Å². The van der Waals surface area contributed by atoms with Crippen molar-refractivity contribution >= 4 is 11.6 Å². The van der Waals surface area contributed by atoms with E-state index in [9.17, 15) is 0 Å². The lowest BCUT2D eigenvalue weighted by Gasteiger charge is -2.15. The van der Waals surface area contributed by atoms with Gasteiger partial charge >= 0.3 is 0 Å². The van der Waals surface area contributed by atoms with E-state index in [-0.39, 0.29) is 6.04 Å². The van der Waals surface area contributed by atoms with Crippen LogP contribution in [0.25, 0.3) is 0 Å². The molecule has 0 spiro atoms. The molecule has 1 aromatic rings. The first-order chi connectivity index (χ1) is 7.75. The summed E-state index contributed by atoms with van der Waals surface area (Å²) in [5.41, 5.74) is 1.13. The summed E-state index contributed by atoms with van der Waals surface area (Å²) in [5, 5.41) is 12.6. The van der Waals surface area contributed by atoms with Crippen molar-refractivity contribution in [3.8, 4) is 6.07 Å². The Labute approximate surface area is 102 Å². The minimum absolute atomic E-state index is 0.260. The van der Waals surface area contributed by atoms with E-state index in [4.69, 9.17) is 16.9 Å². The SMILES string of the molecule is C[C@H](NCCCCC#N)c1ccccc1Cl. The number of rotatable bonds is 6. The number of nitrogens with one attached hydrogen (secondary N) is 1. The van der Waals surface area contributed by atoms with Gasteiger partial charge < -0.3 is 5.32 Å². The molecular weight excluding hydrogens is 220 g/mol. The molecule has 0 fully saturated rings. The molecule has 0 saturated carbocycles. The average Bonchev–Trinajstić information content (AvgIpc) is 2.29. The van der Waals surface area contributed by atoms with Crippen LogP contribution in [0.15, 0.2) is 24.3 Å². The minimum atomic E-state index is 0.260. The number of benzene rings is 1. The predicted octanol–water partition coefficient (Wildman–Crippen LogP) is 3.68. The zero-order chi connectivity index (χ0) is 11.8. The molecule has 0 aliphatic carbocycles. The Balaban J connectivity index is 2.33. The molecule has 0 bridgehead atoms. The summed E-state index contributed by atoms with van der Waals surface area (Å²) in [6.07, 6.45) is 2.63. The summed E-state index contributed by atoms with van der Waals surface area (Å²) in [6, 6.07) is 10.3. The molecule has 0 unspecified atom stereocenters. The lowest BCUT2D eigenvalue weighted by molar-refractivity contribution is 0.549. The summed E-state index contributed by atoms with van der Waals surface area (Å²) in [4.78, 5) is 0. The van der Waals surface area contributed by atoms with E-state index < -0.39 is 0 Å². The highest BCUT2D eigenvalue weighted by Crippen LogP contribution is 2.21. The normalized spacial score (nSPS) is 12.1. The maximum atomic E-state index is 8.40. The quantitative estimate of drug-likeness (QED) is 0.765. The van der Waals surface area contributed by atoms with Gasteiger partial charge in [-0.05, 0) is 37.9 Å². The third kappa shape index (κ3) is 4.22. The molecule has 1 N–H and O–H groups in total. The fourth-order valence-corrected chi connectivity index (χ4v) is 1.88. The zero-order valence-corrected chi connectivity index (χ0v) is 10.3. The molecule has 16 heavy (non-hydrogen) atoms. The van der Waals surface area contributed by atoms with Crippen LogP contribution in [0.5, 0.6) is 0 Å². The lowest BCUT2D eigenvalue weighted by atomic mass is 10.1. The molecule has 0 heterocycles. The highest BCUT2D eigenvalue weighted by molar-refractivity contribution is 6.31.